The van der Waals surface area contributed by atoms with Crippen LogP contribution >= 0.6 is 23.1 Å². The fourth-order valence-corrected chi connectivity index (χ4v) is 6.20. The molecule has 0 spiro atoms. The van der Waals surface area contributed by atoms with E-state index in [0.717, 1.165) is 39.9 Å². The van der Waals surface area contributed by atoms with Gasteiger partial charge in [-0.05, 0) is 53.6 Å². The zero-order valence-electron chi connectivity index (χ0n) is 17.1. The van der Waals surface area contributed by atoms with Crippen LogP contribution in [0.3, 0.4) is 0 Å². The number of thiophene rings is 1. The Morgan fingerprint density at radius 2 is 2.10 bits per heavy atom. The number of thioether (sulfide) groups is 1. The van der Waals surface area contributed by atoms with Crippen molar-refractivity contribution >= 4 is 50.1 Å². The quantitative estimate of drug-likeness (QED) is 0.338. The van der Waals surface area contributed by atoms with Crippen molar-refractivity contribution in [1.82, 2.24) is 9.97 Å². The number of fused-ring (bicyclic) bond motifs is 4. The molecule has 1 aliphatic carbocycles. The Morgan fingerprint density at radius 1 is 1.26 bits per heavy atom. The molecule has 158 valence electrons. The van der Waals surface area contributed by atoms with Crippen LogP contribution in [0.1, 0.15) is 29.6 Å². The van der Waals surface area contributed by atoms with Crippen LogP contribution in [0.2, 0.25) is 0 Å². The van der Waals surface area contributed by atoms with Gasteiger partial charge in [-0.15, -0.1) is 23.1 Å². The minimum absolute atomic E-state index is 0.0265. The van der Waals surface area contributed by atoms with E-state index in [9.17, 15) is 9.59 Å². The highest BCUT2D eigenvalue weighted by atomic mass is 32.2. The van der Waals surface area contributed by atoms with Gasteiger partial charge in [-0.3, -0.25) is 9.59 Å². The lowest BCUT2D eigenvalue weighted by Gasteiger charge is -2.17. The summed E-state index contributed by atoms with van der Waals surface area (Å²) in [6, 6.07) is 14.3. The molecule has 1 N–H and O–H groups in total. The van der Waals surface area contributed by atoms with E-state index in [1.54, 1.807) is 11.3 Å². The third kappa shape index (κ3) is 4.25. The summed E-state index contributed by atoms with van der Waals surface area (Å²) in [5, 5.41) is 3.03. The summed E-state index contributed by atoms with van der Waals surface area (Å²) < 4.78 is 5.37. The number of H-pyrrole nitrogens is 1. The molecule has 0 saturated heterocycles. The number of esters is 1. The largest absolute Gasteiger partial charge is 0.457 e. The molecule has 0 bridgehead atoms. The van der Waals surface area contributed by atoms with Crippen molar-refractivity contribution in [3.05, 3.63) is 69.1 Å². The number of hydrogen-bond acceptors (Lipinski definition) is 6. The van der Waals surface area contributed by atoms with Crippen LogP contribution in [0, 0.1) is 5.92 Å². The highest BCUT2D eigenvalue weighted by molar-refractivity contribution is 8.00. The molecule has 1 aliphatic rings. The smallest absolute Gasteiger partial charge is 0.316 e. The Morgan fingerprint density at radius 3 is 2.97 bits per heavy atom. The number of nitrogens with zero attached hydrogens (tertiary/aromatic N) is 1. The maximum atomic E-state index is 12.6. The summed E-state index contributed by atoms with van der Waals surface area (Å²) in [4.78, 5) is 35.3. The normalized spacial score (nSPS) is 15.8. The molecule has 0 amide bonds. The predicted molar refractivity (Wildman–Crippen MR) is 126 cm³/mol. The van der Waals surface area contributed by atoms with Gasteiger partial charge in [0.15, 0.2) is 0 Å². The number of carbonyl (C=O) groups excluding carboxylic acids is 1. The van der Waals surface area contributed by atoms with Gasteiger partial charge in [-0.25, -0.2) is 4.98 Å². The molecule has 0 fully saturated rings. The number of aromatic amines is 1. The van der Waals surface area contributed by atoms with Crippen molar-refractivity contribution in [2.75, 3.05) is 5.75 Å². The van der Waals surface area contributed by atoms with Crippen molar-refractivity contribution in [3.63, 3.8) is 0 Å². The first kappa shape index (κ1) is 20.3. The Balaban J connectivity index is 1.24. The molecular formula is C24H22N2O3S2. The van der Waals surface area contributed by atoms with Gasteiger partial charge in [-0.2, -0.15) is 0 Å². The highest BCUT2D eigenvalue weighted by Gasteiger charge is 2.23. The molecule has 0 unspecified atom stereocenters. The molecule has 0 radical (unpaired) electrons. The molecule has 0 saturated carbocycles. The molecule has 5 nitrogen and oxygen atoms in total. The van der Waals surface area contributed by atoms with Crippen molar-refractivity contribution in [3.8, 4) is 0 Å². The average Bonchev–Trinajstić information content (AvgIpc) is 3.14. The lowest BCUT2D eigenvalue weighted by atomic mass is 9.89. The maximum Gasteiger partial charge on any atom is 0.316 e. The Bertz CT molecular complexity index is 1340. The second-order valence-corrected chi connectivity index (χ2v) is 10.1. The lowest BCUT2D eigenvalue weighted by molar-refractivity contribution is -0.141. The first-order valence-electron chi connectivity index (χ1n) is 10.4. The van der Waals surface area contributed by atoms with Crippen molar-refractivity contribution in [1.29, 1.82) is 0 Å². The van der Waals surface area contributed by atoms with E-state index < -0.39 is 0 Å². The van der Waals surface area contributed by atoms with Gasteiger partial charge in [0.25, 0.3) is 5.56 Å². The van der Waals surface area contributed by atoms with E-state index in [4.69, 9.17) is 4.74 Å². The van der Waals surface area contributed by atoms with Crippen LogP contribution in [-0.4, -0.2) is 21.7 Å². The second kappa shape index (κ2) is 8.48. The molecule has 1 atom stereocenters. The van der Waals surface area contributed by atoms with Crippen LogP contribution in [0.5, 0.6) is 0 Å². The van der Waals surface area contributed by atoms with Crippen LogP contribution < -0.4 is 5.56 Å². The zero-order chi connectivity index (χ0) is 21.4. The minimum Gasteiger partial charge on any atom is -0.457 e. The number of nitrogens with one attached hydrogen (secondary N) is 1. The molecule has 0 aliphatic heterocycles. The Kier molecular flexibility index (Phi) is 5.54. The van der Waals surface area contributed by atoms with Gasteiger partial charge >= 0.3 is 5.97 Å². The summed E-state index contributed by atoms with van der Waals surface area (Å²) in [6.45, 7) is 2.22. The van der Waals surface area contributed by atoms with E-state index in [0.29, 0.717) is 17.1 Å². The van der Waals surface area contributed by atoms with Crippen LogP contribution in [0.15, 0.2) is 52.2 Å². The first-order valence-corrected chi connectivity index (χ1v) is 12.2. The third-order valence-electron chi connectivity index (χ3n) is 5.66. The minimum atomic E-state index is -0.333. The molecule has 4 aromatic rings. The fraction of sp³-hybridized carbons (Fsp3) is 0.292. The summed E-state index contributed by atoms with van der Waals surface area (Å²) in [6.07, 6.45) is 3.04. The SMILES string of the molecule is C[C@@H]1CCc2c(sc3nc(COC(=O)CSc4ccc5ccccc5c4)[nH]c(=O)c23)C1. The first-order chi connectivity index (χ1) is 15.1. The van der Waals surface area contributed by atoms with Gasteiger partial charge in [0.2, 0.25) is 0 Å². The molecule has 2 aromatic heterocycles. The summed E-state index contributed by atoms with van der Waals surface area (Å²) in [7, 11) is 0. The summed E-state index contributed by atoms with van der Waals surface area (Å²) >= 11 is 3.04. The number of hydrogen-bond donors (Lipinski definition) is 1. The molecule has 5 rings (SSSR count). The van der Waals surface area contributed by atoms with E-state index in [-0.39, 0.29) is 23.9 Å². The van der Waals surface area contributed by atoms with Crippen LogP contribution in [0.4, 0.5) is 0 Å². The number of benzene rings is 2. The number of rotatable bonds is 5. The Labute approximate surface area is 187 Å². The van der Waals surface area contributed by atoms with Gasteiger partial charge in [-0.1, -0.05) is 37.3 Å². The number of aromatic nitrogens is 2. The lowest BCUT2D eigenvalue weighted by Crippen LogP contribution is -2.16. The predicted octanol–water partition coefficient (Wildman–Crippen LogP) is 5.10. The number of ether oxygens (including phenoxy) is 1. The standard InChI is InChI=1S/C24H22N2O3S2/c1-14-6-9-18-19(10-14)31-24-22(18)23(28)25-20(26-24)12-29-21(27)13-30-17-8-7-15-4-2-3-5-16(15)11-17/h2-5,7-8,11,14H,6,9-10,12-13H2,1H3,(H,25,26,28)/t14-/m1/s1. The molecule has 2 heterocycles. The Hall–Kier alpha value is -2.64. The molecular weight excluding hydrogens is 428 g/mol. The number of carbonyl (C=O) groups is 1. The monoisotopic (exact) mass is 450 g/mol. The van der Waals surface area contributed by atoms with E-state index in [1.807, 2.05) is 24.3 Å². The van der Waals surface area contributed by atoms with E-state index >= 15 is 0 Å². The van der Waals surface area contributed by atoms with Crippen molar-refractivity contribution in [2.45, 2.75) is 37.7 Å². The van der Waals surface area contributed by atoms with Crippen LogP contribution in [0.25, 0.3) is 21.0 Å². The van der Waals surface area contributed by atoms with E-state index in [1.165, 1.54) is 22.0 Å². The number of aryl methyl sites for hydroxylation is 1. The molecule has 31 heavy (non-hydrogen) atoms. The highest BCUT2D eigenvalue weighted by Crippen LogP contribution is 2.35. The summed E-state index contributed by atoms with van der Waals surface area (Å²) in [5.74, 6) is 0.907. The molecule has 2 aromatic carbocycles. The van der Waals surface area contributed by atoms with Crippen LogP contribution in [-0.2, 0) is 29.0 Å². The van der Waals surface area contributed by atoms with Gasteiger partial charge in [0, 0.05) is 9.77 Å². The third-order valence-corrected chi connectivity index (χ3v) is 7.78. The zero-order valence-corrected chi connectivity index (χ0v) is 18.8. The van der Waals surface area contributed by atoms with E-state index in [2.05, 4.69) is 35.1 Å². The van der Waals surface area contributed by atoms with Gasteiger partial charge in [0.1, 0.15) is 17.3 Å². The fourth-order valence-electron chi connectivity index (χ4n) is 4.05. The maximum absolute atomic E-state index is 12.6. The molecule has 7 heteroatoms. The van der Waals surface area contributed by atoms with Crippen molar-refractivity contribution in [2.24, 2.45) is 5.92 Å². The van der Waals surface area contributed by atoms with Crippen molar-refractivity contribution < 1.29 is 9.53 Å². The topological polar surface area (TPSA) is 72.0 Å². The summed E-state index contributed by atoms with van der Waals surface area (Å²) in [5.41, 5.74) is 1.02. The van der Waals surface area contributed by atoms with Gasteiger partial charge in [0.05, 0.1) is 11.1 Å². The average molecular weight is 451 g/mol. The second-order valence-electron chi connectivity index (χ2n) is 8.00. The van der Waals surface area contributed by atoms with Gasteiger partial charge < -0.3 is 9.72 Å².